The maximum Gasteiger partial charge on any atom is 0.287 e. The maximum absolute atomic E-state index is 12.3. The summed E-state index contributed by atoms with van der Waals surface area (Å²) in [6, 6.07) is 19.7. The van der Waals surface area contributed by atoms with Crippen molar-refractivity contribution in [2.24, 2.45) is 0 Å². The molecule has 3 aromatic rings. The molecule has 1 aromatic heterocycles. The molecule has 8 heteroatoms. The molecule has 0 aliphatic heterocycles. The van der Waals surface area contributed by atoms with Crippen LogP contribution in [0.2, 0.25) is 0 Å². The van der Waals surface area contributed by atoms with Crippen LogP contribution in [-0.2, 0) is 15.8 Å². The lowest BCUT2D eigenvalue weighted by Gasteiger charge is -2.08. The molecule has 2 N–H and O–H groups in total. The molecule has 2 aromatic carbocycles. The second-order valence-electron chi connectivity index (χ2n) is 5.84. The first kappa shape index (κ1) is 20.2. The number of amides is 1. The molecular weight excluding hydrogens is 396 g/mol. The van der Waals surface area contributed by atoms with E-state index in [0.717, 1.165) is 10.5 Å². The van der Waals surface area contributed by atoms with E-state index in [0.29, 0.717) is 5.75 Å². The third kappa shape index (κ3) is 5.48. The Kier molecular flexibility index (Phi) is 6.91. The molecule has 0 aliphatic rings. The molecule has 0 spiro atoms. The molecule has 0 fully saturated rings. The van der Waals surface area contributed by atoms with Gasteiger partial charge in [0.25, 0.3) is 5.91 Å². The molecule has 0 unspecified atom stereocenters. The Hall–Kier alpha value is -2.55. The molecule has 6 nitrogen and oxygen atoms in total. The molecule has 0 atom stereocenters. The molecule has 0 saturated heterocycles. The van der Waals surface area contributed by atoms with Gasteiger partial charge in [0.15, 0.2) is 5.76 Å². The average molecular weight is 417 g/mol. The largest absolute Gasteiger partial charge is 0.459 e. The molecule has 0 saturated carbocycles. The average Bonchev–Trinajstić information content (AvgIpc) is 3.20. The molecule has 1 heterocycles. The zero-order valence-electron chi connectivity index (χ0n) is 15.0. The van der Waals surface area contributed by atoms with Crippen molar-refractivity contribution in [2.75, 3.05) is 13.1 Å². The normalized spacial score (nSPS) is 11.3. The van der Waals surface area contributed by atoms with E-state index in [1.807, 2.05) is 30.3 Å². The molecule has 0 radical (unpaired) electrons. The van der Waals surface area contributed by atoms with E-state index >= 15 is 0 Å². The first-order valence-electron chi connectivity index (χ1n) is 8.63. The third-order valence-corrected chi connectivity index (χ3v) is 6.38. The summed E-state index contributed by atoms with van der Waals surface area (Å²) in [6.07, 6.45) is 1.48. The van der Waals surface area contributed by atoms with E-state index < -0.39 is 10.0 Å². The predicted octanol–water partition coefficient (Wildman–Crippen LogP) is 3.28. The molecule has 0 bridgehead atoms. The summed E-state index contributed by atoms with van der Waals surface area (Å²) in [5.74, 6) is 0.478. The molecule has 28 heavy (non-hydrogen) atoms. The summed E-state index contributed by atoms with van der Waals surface area (Å²) in [5, 5.41) is 2.68. The van der Waals surface area contributed by atoms with Crippen molar-refractivity contribution in [3.63, 3.8) is 0 Å². The highest BCUT2D eigenvalue weighted by molar-refractivity contribution is 7.98. The van der Waals surface area contributed by atoms with Crippen molar-refractivity contribution in [2.45, 2.75) is 15.5 Å². The van der Waals surface area contributed by atoms with Crippen LogP contribution in [0.5, 0.6) is 0 Å². The van der Waals surface area contributed by atoms with Crippen LogP contribution < -0.4 is 10.0 Å². The van der Waals surface area contributed by atoms with Gasteiger partial charge in [0, 0.05) is 29.3 Å². The van der Waals surface area contributed by atoms with Crippen molar-refractivity contribution in [1.82, 2.24) is 10.0 Å². The van der Waals surface area contributed by atoms with E-state index in [-0.39, 0.29) is 29.7 Å². The fraction of sp³-hybridized carbons (Fsp3) is 0.150. The Labute approximate surface area is 168 Å². The van der Waals surface area contributed by atoms with Crippen LogP contribution in [0, 0.1) is 0 Å². The molecule has 3 rings (SSSR count). The van der Waals surface area contributed by atoms with Crippen LogP contribution >= 0.6 is 11.8 Å². The molecule has 0 aliphatic carbocycles. The van der Waals surface area contributed by atoms with Crippen LogP contribution in [-0.4, -0.2) is 27.4 Å². The number of carbonyl (C=O) groups excluding carboxylic acids is 1. The lowest BCUT2D eigenvalue weighted by Crippen LogP contribution is -2.34. The second kappa shape index (κ2) is 9.59. The van der Waals surface area contributed by atoms with Crippen molar-refractivity contribution in [1.29, 1.82) is 0 Å². The van der Waals surface area contributed by atoms with E-state index in [1.165, 1.54) is 18.4 Å². The highest BCUT2D eigenvalue weighted by Crippen LogP contribution is 2.24. The van der Waals surface area contributed by atoms with E-state index in [4.69, 9.17) is 4.42 Å². The van der Waals surface area contributed by atoms with Crippen LogP contribution in [0.1, 0.15) is 16.1 Å². The van der Waals surface area contributed by atoms with E-state index in [1.54, 1.807) is 36.0 Å². The number of hydrogen-bond acceptors (Lipinski definition) is 5. The zero-order chi connectivity index (χ0) is 19.8. The van der Waals surface area contributed by atoms with Gasteiger partial charge in [-0.3, -0.25) is 4.79 Å². The summed E-state index contributed by atoms with van der Waals surface area (Å²) in [5.41, 5.74) is 0.788. The Bertz CT molecular complexity index is 1000. The first-order chi connectivity index (χ1) is 13.6. The van der Waals surface area contributed by atoms with Gasteiger partial charge in [-0.2, -0.15) is 0 Å². The van der Waals surface area contributed by atoms with Gasteiger partial charge in [-0.15, -0.1) is 11.8 Å². The fourth-order valence-corrected chi connectivity index (χ4v) is 4.40. The smallest absolute Gasteiger partial charge is 0.287 e. The van der Waals surface area contributed by atoms with Crippen LogP contribution in [0.25, 0.3) is 0 Å². The van der Waals surface area contributed by atoms with Crippen LogP contribution in [0.4, 0.5) is 0 Å². The Morgan fingerprint density at radius 1 is 0.929 bits per heavy atom. The lowest BCUT2D eigenvalue weighted by molar-refractivity contribution is 0.0925. The number of rotatable bonds is 9. The van der Waals surface area contributed by atoms with Gasteiger partial charge in [0.2, 0.25) is 10.0 Å². The monoisotopic (exact) mass is 416 g/mol. The molecule has 146 valence electrons. The van der Waals surface area contributed by atoms with Gasteiger partial charge in [-0.25, -0.2) is 13.1 Å². The van der Waals surface area contributed by atoms with Crippen LogP contribution in [0.3, 0.4) is 0 Å². The standard InChI is InChI=1S/C20H20N2O4S2/c23-20(21-12-13-22-28(24,25)18-9-5-2-6-10-18)19-16(11-14-26-19)15-27-17-7-3-1-4-8-17/h1-11,14,22H,12-13,15H2,(H,21,23). The van der Waals surface area contributed by atoms with Gasteiger partial charge in [-0.1, -0.05) is 36.4 Å². The molecular formula is C20H20N2O4S2. The maximum atomic E-state index is 12.3. The summed E-state index contributed by atoms with van der Waals surface area (Å²) < 4.78 is 32.0. The quantitative estimate of drug-likeness (QED) is 0.413. The SMILES string of the molecule is O=C(NCCNS(=O)(=O)c1ccccc1)c1occc1CSc1ccccc1. The number of hydrogen-bond donors (Lipinski definition) is 2. The predicted molar refractivity (Wildman–Crippen MR) is 109 cm³/mol. The number of furan rings is 1. The van der Waals surface area contributed by atoms with Gasteiger partial charge >= 0.3 is 0 Å². The lowest BCUT2D eigenvalue weighted by atomic mass is 10.2. The van der Waals surface area contributed by atoms with Gasteiger partial charge < -0.3 is 9.73 Å². The van der Waals surface area contributed by atoms with Gasteiger partial charge in [0.1, 0.15) is 0 Å². The summed E-state index contributed by atoms with van der Waals surface area (Å²) in [6.45, 7) is 0.231. The summed E-state index contributed by atoms with van der Waals surface area (Å²) in [4.78, 5) is 13.6. The van der Waals surface area contributed by atoms with Crippen LogP contribution in [0.15, 0.2) is 87.2 Å². The Morgan fingerprint density at radius 2 is 1.61 bits per heavy atom. The second-order valence-corrected chi connectivity index (χ2v) is 8.66. The Balaban J connectivity index is 1.49. The van der Waals surface area contributed by atoms with Crippen molar-refractivity contribution >= 4 is 27.7 Å². The number of sulfonamides is 1. The van der Waals surface area contributed by atoms with E-state index in [9.17, 15) is 13.2 Å². The van der Waals surface area contributed by atoms with Gasteiger partial charge in [0.05, 0.1) is 11.2 Å². The van der Waals surface area contributed by atoms with Crippen molar-refractivity contribution in [3.05, 3.63) is 84.3 Å². The van der Waals surface area contributed by atoms with E-state index in [2.05, 4.69) is 10.0 Å². The van der Waals surface area contributed by atoms with Crippen molar-refractivity contribution in [3.8, 4) is 0 Å². The summed E-state index contributed by atoms with van der Waals surface area (Å²) >= 11 is 1.61. The fourth-order valence-electron chi connectivity index (χ4n) is 2.45. The number of benzene rings is 2. The number of carbonyl (C=O) groups is 1. The minimum Gasteiger partial charge on any atom is -0.459 e. The minimum absolute atomic E-state index is 0.0811. The van der Waals surface area contributed by atoms with Gasteiger partial charge in [-0.05, 0) is 30.3 Å². The Morgan fingerprint density at radius 3 is 2.32 bits per heavy atom. The molecule has 1 amide bonds. The first-order valence-corrected chi connectivity index (χ1v) is 11.1. The third-order valence-electron chi connectivity index (χ3n) is 3.85. The zero-order valence-corrected chi connectivity index (χ0v) is 16.6. The highest BCUT2D eigenvalue weighted by Gasteiger charge is 2.16. The minimum atomic E-state index is -3.59. The summed E-state index contributed by atoms with van der Waals surface area (Å²) in [7, 11) is -3.59. The number of nitrogens with one attached hydrogen (secondary N) is 2. The highest BCUT2D eigenvalue weighted by atomic mass is 32.2. The topological polar surface area (TPSA) is 88.4 Å². The number of thioether (sulfide) groups is 1. The van der Waals surface area contributed by atoms with Crippen molar-refractivity contribution < 1.29 is 17.6 Å².